The maximum atomic E-state index is 12.8. The van der Waals surface area contributed by atoms with Crippen molar-refractivity contribution in [2.24, 2.45) is 16.8 Å². The average molecular weight is 381 g/mol. The van der Waals surface area contributed by atoms with E-state index < -0.39 is 5.97 Å². The molecule has 0 saturated heterocycles. The summed E-state index contributed by atoms with van der Waals surface area (Å²) in [5.41, 5.74) is 0.919. The summed E-state index contributed by atoms with van der Waals surface area (Å²) in [6.07, 6.45) is 10.2. The van der Waals surface area contributed by atoms with Gasteiger partial charge in [0, 0.05) is 11.5 Å². The van der Waals surface area contributed by atoms with E-state index in [4.69, 9.17) is 9.47 Å². The van der Waals surface area contributed by atoms with Crippen LogP contribution in [-0.2, 0) is 19.1 Å². The number of carbonyl (C=O) groups excluding carboxylic acids is 2. The molecule has 2 saturated carbocycles. The summed E-state index contributed by atoms with van der Waals surface area (Å²) < 4.78 is 11.3. The molecule has 0 radical (unpaired) electrons. The van der Waals surface area contributed by atoms with E-state index in [0.717, 1.165) is 56.9 Å². The van der Waals surface area contributed by atoms with Gasteiger partial charge in [0.05, 0.1) is 5.92 Å². The van der Waals surface area contributed by atoms with E-state index in [0.29, 0.717) is 5.76 Å². The molecular formula is C23H27NO4. The van der Waals surface area contributed by atoms with Gasteiger partial charge in [0.2, 0.25) is 5.90 Å². The second-order valence-electron chi connectivity index (χ2n) is 7.98. The first-order valence-corrected chi connectivity index (χ1v) is 10.5. The van der Waals surface area contributed by atoms with Crippen LogP contribution in [0.5, 0.6) is 0 Å². The Morgan fingerprint density at radius 2 is 1.50 bits per heavy atom. The minimum absolute atomic E-state index is 0.0581. The molecule has 5 heteroatoms. The highest BCUT2D eigenvalue weighted by Gasteiger charge is 2.35. The summed E-state index contributed by atoms with van der Waals surface area (Å²) in [4.78, 5) is 29.9. The molecule has 3 aliphatic rings. The number of ether oxygens (including phenoxy) is 2. The number of hydrogen-bond donors (Lipinski definition) is 0. The third-order valence-electron chi connectivity index (χ3n) is 5.98. The third kappa shape index (κ3) is 4.18. The van der Waals surface area contributed by atoms with E-state index >= 15 is 0 Å². The highest BCUT2D eigenvalue weighted by atomic mass is 16.6. The molecule has 1 heterocycles. The van der Waals surface area contributed by atoms with Gasteiger partial charge in [-0.15, -0.1) is 0 Å². The zero-order valence-corrected chi connectivity index (χ0v) is 16.2. The molecule has 1 aliphatic heterocycles. The number of aliphatic imine (C=N–C) groups is 1. The molecule has 1 aromatic carbocycles. The van der Waals surface area contributed by atoms with Gasteiger partial charge in [-0.2, -0.15) is 0 Å². The van der Waals surface area contributed by atoms with Crippen molar-refractivity contribution in [3.05, 3.63) is 47.4 Å². The van der Waals surface area contributed by atoms with Crippen molar-refractivity contribution >= 4 is 17.8 Å². The van der Waals surface area contributed by atoms with Crippen LogP contribution in [0.1, 0.15) is 69.8 Å². The van der Waals surface area contributed by atoms with Crippen molar-refractivity contribution in [1.29, 1.82) is 0 Å². The van der Waals surface area contributed by atoms with Crippen LogP contribution in [-0.4, -0.2) is 17.8 Å². The third-order valence-corrected chi connectivity index (χ3v) is 5.98. The van der Waals surface area contributed by atoms with Crippen LogP contribution >= 0.6 is 0 Å². The Morgan fingerprint density at radius 3 is 2.14 bits per heavy atom. The molecule has 5 nitrogen and oxygen atoms in total. The minimum Gasteiger partial charge on any atom is -0.428 e. The lowest BCUT2D eigenvalue weighted by Crippen LogP contribution is -2.24. The summed E-state index contributed by atoms with van der Waals surface area (Å²) in [5, 5.41) is 0. The first-order chi connectivity index (χ1) is 13.7. The Bertz CT molecular complexity index is 784. The monoisotopic (exact) mass is 381 g/mol. The van der Waals surface area contributed by atoms with Crippen molar-refractivity contribution in [3.63, 3.8) is 0 Å². The topological polar surface area (TPSA) is 65.0 Å². The molecule has 4 rings (SSSR count). The lowest BCUT2D eigenvalue weighted by molar-refractivity contribution is -0.146. The van der Waals surface area contributed by atoms with E-state index in [1.165, 1.54) is 12.8 Å². The van der Waals surface area contributed by atoms with Crippen LogP contribution in [0, 0.1) is 11.8 Å². The maximum Gasteiger partial charge on any atom is 0.367 e. The second-order valence-corrected chi connectivity index (χ2v) is 7.98. The van der Waals surface area contributed by atoms with Crippen LogP contribution in [0.3, 0.4) is 0 Å². The van der Waals surface area contributed by atoms with Gasteiger partial charge >= 0.3 is 11.9 Å². The quantitative estimate of drug-likeness (QED) is 0.422. The van der Waals surface area contributed by atoms with Crippen molar-refractivity contribution in [3.8, 4) is 0 Å². The van der Waals surface area contributed by atoms with Crippen LogP contribution in [0.4, 0.5) is 0 Å². The number of benzene rings is 1. The molecule has 0 N–H and O–H groups in total. The van der Waals surface area contributed by atoms with Gasteiger partial charge in [-0.25, -0.2) is 9.79 Å². The van der Waals surface area contributed by atoms with Gasteiger partial charge in [-0.1, -0.05) is 56.7 Å². The molecule has 0 spiro atoms. The Kier molecular flexibility index (Phi) is 5.89. The second kappa shape index (κ2) is 8.72. The van der Waals surface area contributed by atoms with E-state index in [2.05, 4.69) is 4.99 Å². The number of carbonyl (C=O) groups is 2. The average Bonchev–Trinajstić information content (AvgIpc) is 3.15. The van der Waals surface area contributed by atoms with Crippen molar-refractivity contribution in [1.82, 2.24) is 0 Å². The smallest absolute Gasteiger partial charge is 0.367 e. The molecule has 0 atom stereocenters. The molecule has 28 heavy (non-hydrogen) atoms. The zero-order valence-electron chi connectivity index (χ0n) is 16.2. The zero-order chi connectivity index (χ0) is 19.3. The van der Waals surface area contributed by atoms with Crippen molar-refractivity contribution in [2.45, 2.75) is 64.2 Å². The number of rotatable bonds is 4. The van der Waals surface area contributed by atoms with Gasteiger partial charge in [-0.3, -0.25) is 4.79 Å². The lowest BCUT2D eigenvalue weighted by atomic mass is 9.86. The van der Waals surface area contributed by atoms with E-state index in [1.807, 2.05) is 30.3 Å². The van der Waals surface area contributed by atoms with Crippen LogP contribution < -0.4 is 0 Å². The van der Waals surface area contributed by atoms with Gasteiger partial charge in [0.1, 0.15) is 5.76 Å². The molecule has 2 aliphatic carbocycles. The Hall–Kier alpha value is -2.43. The van der Waals surface area contributed by atoms with E-state index in [1.54, 1.807) is 0 Å². The van der Waals surface area contributed by atoms with Gasteiger partial charge in [0.25, 0.3) is 0 Å². The molecular weight excluding hydrogens is 354 g/mol. The molecule has 0 amide bonds. The fraction of sp³-hybridized carbons (Fsp3) is 0.522. The predicted molar refractivity (Wildman–Crippen MR) is 105 cm³/mol. The van der Waals surface area contributed by atoms with E-state index in [9.17, 15) is 9.59 Å². The molecule has 148 valence electrons. The van der Waals surface area contributed by atoms with Crippen molar-refractivity contribution in [2.75, 3.05) is 0 Å². The summed E-state index contributed by atoms with van der Waals surface area (Å²) in [6.45, 7) is 0. The molecule has 0 unspecified atom stereocenters. The first kappa shape index (κ1) is 18.9. The lowest BCUT2D eigenvalue weighted by Gasteiger charge is -2.26. The summed E-state index contributed by atoms with van der Waals surface area (Å²) >= 11 is 0. The normalized spacial score (nSPS) is 23.1. The van der Waals surface area contributed by atoms with Gasteiger partial charge in [-0.05, 0) is 37.8 Å². The van der Waals surface area contributed by atoms with Crippen LogP contribution in [0.25, 0.3) is 0 Å². The number of nitrogens with zero attached hydrogens (tertiary/aromatic N) is 1. The summed E-state index contributed by atoms with van der Waals surface area (Å²) in [5.74, 6) is -0.0146. The Morgan fingerprint density at radius 1 is 0.893 bits per heavy atom. The summed E-state index contributed by atoms with van der Waals surface area (Å²) in [7, 11) is 0. The Balaban J connectivity index is 1.64. The standard InChI is InChI=1S/C23H27NO4/c25-22(18-14-8-3-9-15-18)27-20(16-10-4-1-5-11-16)19-23(26)28-21(24-19)17-12-6-2-7-13-17/h2,6-7,12-13,16,18H,1,3-5,8-11,14-15H2. The van der Waals surface area contributed by atoms with Gasteiger partial charge in [0.15, 0.2) is 5.70 Å². The number of cyclic esters (lactones) is 1. The summed E-state index contributed by atoms with van der Waals surface area (Å²) in [6, 6.07) is 9.35. The minimum atomic E-state index is -0.518. The SMILES string of the molecule is O=C1OC(c2ccccc2)=NC1=C(OC(=O)C1CCCCC1)C1CCCCC1. The fourth-order valence-corrected chi connectivity index (χ4v) is 4.39. The highest BCUT2D eigenvalue weighted by Crippen LogP contribution is 2.36. The van der Waals surface area contributed by atoms with E-state index in [-0.39, 0.29) is 29.4 Å². The van der Waals surface area contributed by atoms with Crippen LogP contribution in [0.2, 0.25) is 0 Å². The molecule has 2 fully saturated rings. The van der Waals surface area contributed by atoms with Gasteiger partial charge < -0.3 is 9.47 Å². The molecule has 0 aromatic heterocycles. The fourth-order valence-electron chi connectivity index (χ4n) is 4.39. The number of esters is 2. The first-order valence-electron chi connectivity index (χ1n) is 10.5. The Labute approximate surface area is 165 Å². The predicted octanol–water partition coefficient (Wildman–Crippen LogP) is 4.91. The van der Waals surface area contributed by atoms with Crippen LogP contribution in [0.15, 0.2) is 46.8 Å². The molecule has 0 bridgehead atoms. The number of allylic oxidation sites excluding steroid dienone is 1. The van der Waals surface area contributed by atoms with Crippen molar-refractivity contribution < 1.29 is 19.1 Å². The largest absolute Gasteiger partial charge is 0.428 e. The molecule has 1 aromatic rings. The highest BCUT2D eigenvalue weighted by molar-refractivity contribution is 6.11. The maximum absolute atomic E-state index is 12.8. The number of hydrogen-bond acceptors (Lipinski definition) is 5.